The normalized spacial score (nSPS) is 11.9. The average Bonchev–Trinajstić information content (AvgIpc) is 1.81. The second-order valence-electron chi connectivity index (χ2n) is 2.85. The van der Waals surface area contributed by atoms with Crippen LogP contribution in [-0.4, -0.2) is 0 Å². The molecular formula is C10H16. The second-order valence-corrected chi connectivity index (χ2v) is 2.85. The standard InChI is InChI=1S/C10H16/c1-6-10(9(4)5)7-8(2)3/h6-7,10H,1,4H2,2-3,5H3/t10-/m1/s1. The van der Waals surface area contributed by atoms with Gasteiger partial charge in [0.1, 0.15) is 0 Å². The molecule has 0 aliphatic rings. The molecule has 0 N–H and O–H groups in total. The van der Waals surface area contributed by atoms with Gasteiger partial charge in [-0.3, -0.25) is 0 Å². The van der Waals surface area contributed by atoms with Crippen molar-refractivity contribution in [3.05, 3.63) is 36.5 Å². The van der Waals surface area contributed by atoms with Crippen LogP contribution in [0.5, 0.6) is 0 Å². The summed E-state index contributed by atoms with van der Waals surface area (Å²) in [5, 5.41) is 0. The van der Waals surface area contributed by atoms with E-state index in [4.69, 9.17) is 0 Å². The molecule has 0 radical (unpaired) electrons. The first-order chi connectivity index (χ1) is 4.57. The van der Waals surface area contributed by atoms with Crippen molar-refractivity contribution in [1.29, 1.82) is 0 Å². The smallest absolute Gasteiger partial charge is 0.0151 e. The molecule has 56 valence electrons. The fourth-order valence-electron chi connectivity index (χ4n) is 0.771. The third-order valence-corrected chi connectivity index (χ3v) is 1.34. The van der Waals surface area contributed by atoms with Gasteiger partial charge in [0.05, 0.1) is 0 Å². The lowest BCUT2D eigenvalue weighted by molar-refractivity contribution is 0.961. The van der Waals surface area contributed by atoms with E-state index in [2.05, 4.69) is 33.1 Å². The Labute approximate surface area is 64.0 Å². The van der Waals surface area contributed by atoms with Crippen molar-refractivity contribution in [1.82, 2.24) is 0 Å². The zero-order chi connectivity index (χ0) is 8.15. The molecule has 0 spiro atoms. The van der Waals surface area contributed by atoms with E-state index in [-0.39, 0.29) is 0 Å². The van der Waals surface area contributed by atoms with E-state index >= 15 is 0 Å². The quantitative estimate of drug-likeness (QED) is 0.522. The van der Waals surface area contributed by atoms with Crippen LogP contribution in [0, 0.1) is 5.92 Å². The largest absolute Gasteiger partial charge is 0.102 e. The van der Waals surface area contributed by atoms with Crippen LogP contribution < -0.4 is 0 Å². The third kappa shape index (κ3) is 3.29. The first-order valence-corrected chi connectivity index (χ1v) is 3.51. The fourth-order valence-corrected chi connectivity index (χ4v) is 0.771. The van der Waals surface area contributed by atoms with Crippen LogP contribution in [0.4, 0.5) is 0 Å². The number of hydrogen-bond donors (Lipinski definition) is 0. The van der Waals surface area contributed by atoms with E-state index < -0.39 is 0 Å². The topological polar surface area (TPSA) is 0 Å². The maximum atomic E-state index is 3.86. The Kier molecular flexibility index (Phi) is 3.78. The number of rotatable bonds is 3. The van der Waals surface area contributed by atoms with Gasteiger partial charge in [-0.05, 0) is 20.8 Å². The Morgan fingerprint density at radius 3 is 1.90 bits per heavy atom. The zero-order valence-electron chi connectivity index (χ0n) is 7.15. The molecule has 0 aromatic heterocycles. The van der Waals surface area contributed by atoms with Crippen LogP contribution in [0.15, 0.2) is 36.5 Å². The van der Waals surface area contributed by atoms with Gasteiger partial charge < -0.3 is 0 Å². The Morgan fingerprint density at radius 2 is 1.80 bits per heavy atom. The van der Waals surface area contributed by atoms with Gasteiger partial charge in [-0.2, -0.15) is 0 Å². The summed E-state index contributed by atoms with van der Waals surface area (Å²) in [6.07, 6.45) is 4.07. The van der Waals surface area contributed by atoms with Gasteiger partial charge in [-0.1, -0.05) is 29.9 Å². The Balaban J connectivity index is 4.23. The second kappa shape index (κ2) is 4.10. The Hall–Kier alpha value is -0.780. The van der Waals surface area contributed by atoms with Gasteiger partial charge >= 0.3 is 0 Å². The maximum absolute atomic E-state index is 3.86. The summed E-state index contributed by atoms with van der Waals surface area (Å²) in [4.78, 5) is 0. The highest BCUT2D eigenvalue weighted by molar-refractivity contribution is 5.16. The van der Waals surface area contributed by atoms with E-state index in [9.17, 15) is 0 Å². The average molecular weight is 136 g/mol. The molecule has 0 nitrogen and oxygen atoms in total. The van der Waals surface area contributed by atoms with Crippen molar-refractivity contribution in [3.63, 3.8) is 0 Å². The monoisotopic (exact) mass is 136 g/mol. The molecule has 0 fully saturated rings. The summed E-state index contributed by atoms with van der Waals surface area (Å²) in [5.41, 5.74) is 2.46. The van der Waals surface area contributed by atoms with Crippen LogP contribution in [0.25, 0.3) is 0 Å². The van der Waals surface area contributed by atoms with Crippen LogP contribution in [-0.2, 0) is 0 Å². The highest BCUT2D eigenvalue weighted by atomic mass is 14.0. The van der Waals surface area contributed by atoms with Crippen LogP contribution in [0.1, 0.15) is 20.8 Å². The minimum Gasteiger partial charge on any atom is -0.102 e. The lowest BCUT2D eigenvalue weighted by Gasteiger charge is -2.05. The molecule has 0 aromatic carbocycles. The van der Waals surface area contributed by atoms with Crippen molar-refractivity contribution in [2.24, 2.45) is 5.92 Å². The summed E-state index contributed by atoms with van der Waals surface area (Å²) < 4.78 is 0. The van der Waals surface area contributed by atoms with Crippen molar-refractivity contribution in [3.8, 4) is 0 Å². The van der Waals surface area contributed by atoms with Gasteiger partial charge in [-0.15, -0.1) is 6.58 Å². The molecule has 0 rings (SSSR count). The van der Waals surface area contributed by atoms with Crippen molar-refractivity contribution in [2.45, 2.75) is 20.8 Å². The minimum atomic E-state index is 0.352. The van der Waals surface area contributed by atoms with Gasteiger partial charge in [0.25, 0.3) is 0 Å². The lowest BCUT2D eigenvalue weighted by Crippen LogP contribution is -1.91. The minimum absolute atomic E-state index is 0.352. The first kappa shape index (κ1) is 9.22. The molecule has 0 amide bonds. The molecule has 0 aromatic rings. The molecule has 0 saturated carbocycles. The highest BCUT2D eigenvalue weighted by Crippen LogP contribution is 2.12. The molecule has 0 bridgehead atoms. The van der Waals surface area contributed by atoms with E-state index in [1.165, 1.54) is 5.57 Å². The van der Waals surface area contributed by atoms with Crippen molar-refractivity contribution < 1.29 is 0 Å². The Morgan fingerprint density at radius 1 is 1.30 bits per heavy atom. The van der Waals surface area contributed by atoms with E-state index in [0.717, 1.165) is 5.57 Å². The predicted molar refractivity (Wildman–Crippen MR) is 47.9 cm³/mol. The molecule has 10 heavy (non-hydrogen) atoms. The Bertz CT molecular complexity index is 157. The summed E-state index contributed by atoms with van der Waals surface area (Å²) in [7, 11) is 0. The summed E-state index contributed by atoms with van der Waals surface area (Å²) in [6, 6.07) is 0. The first-order valence-electron chi connectivity index (χ1n) is 3.51. The molecule has 0 unspecified atom stereocenters. The predicted octanol–water partition coefficient (Wildman–Crippen LogP) is 3.33. The van der Waals surface area contributed by atoms with Crippen LogP contribution in [0.3, 0.4) is 0 Å². The fraction of sp³-hybridized carbons (Fsp3) is 0.400. The van der Waals surface area contributed by atoms with Crippen LogP contribution >= 0.6 is 0 Å². The third-order valence-electron chi connectivity index (χ3n) is 1.34. The highest BCUT2D eigenvalue weighted by Gasteiger charge is 1.98. The molecule has 1 atom stereocenters. The van der Waals surface area contributed by atoms with Gasteiger partial charge in [0.2, 0.25) is 0 Å². The molecule has 0 heterocycles. The molecule has 0 heteroatoms. The molecular weight excluding hydrogens is 120 g/mol. The summed E-state index contributed by atoms with van der Waals surface area (Å²) >= 11 is 0. The SMILES string of the molecule is C=C[C@H](C=C(C)C)C(=C)C. The molecule has 0 saturated heterocycles. The lowest BCUT2D eigenvalue weighted by atomic mass is 10.00. The molecule has 0 aliphatic carbocycles. The maximum Gasteiger partial charge on any atom is 0.0151 e. The number of hydrogen-bond acceptors (Lipinski definition) is 0. The molecule has 0 aliphatic heterocycles. The van der Waals surface area contributed by atoms with Gasteiger partial charge in [0.15, 0.2) is 0 Å². The van der Waals surface area contributed by atoms with E-state index in [0.29, 0.717) is 5.92 Å². The zero-order valence-corrected chi connectivity index (χ0v) is 7.15. The van der Waals surface area contributed by atoms with Crippen molar-refractivity contribution in [2.75, 3.05) is 0 Å². The van der Waals surface area contributed by atoms with Crippen LogP contribution in [0.2, 0.25) is 0 Å². The van der Waals surface area contributed by atoms with E-state index in [1.807, 2.05) is 13.0 Å². The van der Waals surface area contributed by atoms with Gasteiger partial charge in [0, 0.05) is 5.92 Å². The van der Waals surface area contributed by atoms with Gasteiger partial charge in [-0.25, -0.2) is 0 Å². The summed E-state index contributed by atoms with van der Waals surface area (Å²) in [6.45, 7) is 13.8. The summed E-state index contributed by atoms with van der Waals surface area (Å²) in [5.74, 6) is 0.352. The van der Waals surface area contributed by atoms with Crippen molar-refractivity contribution >= 4 is 0 Å². The number of allylic oxidation sites excluding steroid dienone is 4. The van der Waals surface area contributed by atoms with E-state index in [1.54, 1.807) is 0 Å².